The van der Waals surface area contributed by atoms with E-state index in [1.54, 1.807) is 0 Å². The van der Waals surface area contributed by atoms with Crippen LogP contribution in [-0.2, 0) is 37.4 Å². The summed E-state index contributed by atoms with van der Waals surface area (Å²) >= 11 is 0. The fourth-order valence-electron chi connectivity index (χ4n) is 1.36. The van der Waals surface area contributed by atoms with Gasteiger partial charge >= 0.3 is 33.9 Å². The second kappa shape index (κ2) is 18.8. The number of allylic oxidation sites excluding steroid dienone is 4. The van der Waals surface area contributed by atoms with Gasteiger partial charge in [-0.1, -0.05) is 48.6 Å². The van der Waals surface area contributed by atoms with E-state index in [1.807, 2.05) is 0 Å². The van der Waals surface area contributed by atoms with E-state index in [2.05, 4.69) is 74.9 Å². The van der Waals surface area contributed by atoms with Crippen molar-refractivity contribution in [2.24, 2.45) is 0 Å². The molecule has 0 aliphatic heterocycles. The quantitative estimate of drug-likeness (QED) is 0.457. The summed E-state index contributed by atoms with van der Waals surface area (Å²) in [4.78, 5) is 0. The van der Waals surface area contributed by atoms with Gasteiger partial charge in [-0.25, -0.2) is 0 Å². The standard InChI is InChI=1S/C12H11.3CO.Mn/c1-2-6-11(7-3-1)10-12-8-4-5-9-12;3*1-2;/h1-9H,10H2;;;;. The summed E-state index contributed by atoms with van der Waals surface area (Å²) in [5.41, 5.74) is 2.77. The van der Waals surface area contributed by atoms with Gasteiger partial charge in [-0.2, -0.15) is 0 Å². The summed E-state index contributed by atoms with van der Waals surface area (Å²) in [6.45, 7) is 13.5. The molecule has 19 heavy (non-hydrogen) atoms. The Morgan fingerprint density at radius 1 is 0.842 bits per heavy atom. The summed E-state index contributed by atoms with van der Waals surface area (Å²) in [6.07, 6.45) is 9.53. The molecule has 0 spiro atoms. The van der Waals surface area contributed by atoms with Gasteiger partial charge in [-0.15, -0.1) is 0 Å². The van der Waals surface area contributed by atoms with E-state index < -0.39 is 0 Å². The van der Waals surface area contributed by atoms with Crippen LogP contribution in [0.15, 0.2) is 54.1 Å². The topological polar surface area (TPSA) is 59.7 Å². The number of rotatable bonds is 2. The fourth-order valence-corrected chi connectivity index (χ4v) is 1.36. The summed E-state index contributed by atoms with van der Waals surface area (Å²) < 4.78 is 22.5. The van der Waals surface area contributed by atoms with Gasteiger partial charge < -0.3 is 0 Å². The van der Waals surface area contributed by atoms with Gasteiger partial charge in [-0.05, 0) is 17.6 Å². The Bertz CT molecular complexity index is 413. The number of hydrogen-bond donors (Lipinski definition) is 0. The molecule has 0 saturated heterocycles. The molecule has 1 aromatic carbocycles. The maximum absolute atomic E-state index is 7.50. The van der Waals surface area contributed by atoms with Crippen molar-refractivity contribution in [3.05, 3.63) is 86.1 Å². The van der Waals surface area contributed by atoms with E-state index in [0.29, 0.717) is 0 Å². The van der Waals surface area contributed by atoms with Crippen molar-refractivity contribution in [3.8, 4) is 0 Å². The predicted molar refractivity (Wildman–Crippen MR) is 63.5 cm³/mol. The molecule has 2 radical (unpaired) electrons. The van der Waals surface area contributed by atoms with E-state index in [0.717, 1.165) is 6.42 Å². The minimum atomic E-state index is 0. The van der Waals surface area contributed by atoms with Crippen LogP contribution in [0.5, 0.6) is 0 Å². The Hall–Kier alpha value is -1.56. The van der Waals surface area contributed by atoms with Gasteiger partial charge in [0.25, 0.3) is 0 Å². The zero-order valence-corrected chi connectivity index (χ0v) is 11.2. The van der Waals surface area contributed by atoms with E-state index >= 15 is 0 Å². The van der Waals surface area contributed by atoms with Crippen LogP contribution in [0.2, 0.25) is 0 Å². The smallest absolute Gasteiger partial charge is 0.00536 e. The molecule has 0 saturated carbocycles. The van der Waals surface area contributed by atoms with Crippen LogP contribution < -0.4 is 0 Å². The molecule has 0 fully saturated rings. The van der Waals surface area contributed by atoms with Gasteiger partial charge in [-0.3, -0.25) is 0 Å². The van der Waals surface area contributed by atoms with Crippen LogP contribution in [0.4, 0.5) is 0 Å². The maximum Gasteiger partial charge on any atom is 0.00536 e. The molecule has 2 rings (SSSR count). The third-order valence-electron chi connectivity index (χ3n) is 1.98. The van der Waals surface area contributed by atoms with Crippen molar-refractivity contribution >= 4 is 0 Å². The zero-order chi connectivity index (χ0) is 14.2. The monoisotopic (exact) mass is 294 g/mol. The molecule has 3 nitrogen and oxygen atoms in total. The zero-order valence-electron chi connectivity index (χ0n) is 10.0. The van der Waals surface area contributed by atoms with Crippen LogP contribution in [-0.4, -0.2) is 0 Å². The minimum absolute atomic E-state index is 0. The van der Waals surface area contributed by atoms with Crippen molar-refractivity contribution in [1.29, 1.82) is 0 Å². The van der Waals surface area contributed by atoms with Gasteiger partial charge in [0.05, 0.1) is 0 Å². The Kier molecular flexibility index (Phi) is 22.4. The molecule has 0 heterocycles. The number of hydrogen-bond acceptors (Lipinski definition) is 0. The van der Waals surface area contributed by atoms with Gasteiger partial charge in [0.2, 0.25) is 0 Å². The van der Waals surface area contributed by atoms with Crippen LogP contribution in [0, 0.1) is 26.4 Å². The van der Waals surface area contributed by atoms with E-state index in [-0.39, 0.29) is 17.1 Å². The fraction of sp³-hybridized carbons (Fsp3) is 0.0667. The van der Waals surface area contributed by atoms with Gasteiger partial charge in [0.1, 0.15) is 0 Å². The van der Waals surface area contributed by atoms with Gasteiger partial charge in [0, 0.05) is 23.5 Å². The van der Waals surface area contributed by atoms with Crippen molar-refractivity contribution < 1.29 is 31.0 Å². The molecule has 0 amide bonds. The molecule has 0 aromatic heterocycles. The molecule has 4 heteroatoms. The molecular formula is C15H11MnO3. The van der Waals surface area contributed by atoms with Crippen molar-refractivity contribution in [1.82, 2.24) is 0 Å². The summed E-state index contributed by atoms with van der Waals surface area (Å²) in [5.74, 6) is 0. The molecule has 1 aliphatic rings. The molecule has 96 valence electrons. The molecular weight excluding hydrogens is 283 g/mol. The van der Waals surface area contributed by atoms with Crippen LogP contribution in [0.25, 0.3) is 0 Å². The second-order valence-corrected chi connectivity index (χ2v) is 2.96. The molecule has 1 aromatic rings. The average molecular weight is 294 g/mol. The Morgan fingerprint density at radius 3 is 1.79 bits per heavy atom. The van der Waals surface area contributed by atoms with E-state index in [9.17, 15) is 0 Å². The van der Waals surface area contributed by atoms with Crippen LogP contribution in [0.3, 0.4) is 0 Å². The molecule has 0 atom stereocenters. The first-order valence-corrected chi connectivity index (χ1v) is 4.81. The number of benzene rings is 1. The first-order valence-electron chi connectivity index (χ1n) is 4.81. The summed E-state index contributed by atoms with van der Waals surface area (Å²) in [5, 5.41) is 0. The summed E-state index contributed by atoms with van der Waals surface area (Å²) in [7, 11) is 0. The predicted octanol–water partition coefficient (Wildman–Crippen LogP) is 2.81. The Labute approximate surface area is 124 Å². The molecule has 0 N–H and O–H groups in total. The van der Waals surface area contributed by atoms with Crippen molar-refractivity contribution in [2.75, 3.05) is 0 Å². The van der Waals surface area contributed by atoms with Crippen LogP contribution >= 0.6 is 0 Å². The van der Waals surface area contributed by atoms with E-state index in [1.165, 1.54) is 11.1 Å². The van der Waals surface area contributed by atoms with Crippen LogP contribution in [0.1, 0.15) is 5.56 Å². The van der Waals surface area contributed by atoms with Crippen molar-refractivity contribution in [3.63, 3.8) is 0 Å². The Balaban J connectivity index is -0.000000325. The third-order valence-corrected chi connectivity index (χ3v) is 1.98. The van der Waals surface area contributed by atoms with Crippen molar-refractivity contribution in [2.45, 2.75) is 6.42 Å². The first kappa shape index (κ1) is 22.6. The molecule has 1 aliphatic carbocycles. The average Bonchev–Trinajstić information content (AvgIpc) is 2.99. The third kappa shape index (κ3) is 11.3. The van der Waals surface area contributed by atoms with Gasteiger partial charge in [0.15, 0.2) is 0 Å². The van der Waals surface area contributed by atoms with E-state index in [4.69, 9.17) is 14.0 Å². The minimum Gasteiger partial charge on any atom is -0.0764 e. The second-order valence-electron chi connectivity index (χ2n) is 2.96. The molecule has 0 bridgehead atoms. The Morgan fingerprint density at radius 2 is 1.37 bits per heavy atom. The largest absolute Gasteiger partial charge is 0.0764 e. The first-order chi connectivity index (χ1) is 8.95. The summed E-state index contributed by atoms with van der Waals surface area (Å²) in [6, 6.07) is 10.5. The SMILES string of the molecule is [C-]#[O+].[C-]#[O+].[C-]#[O+].[CH]1C=CC(Cc2ccccc2)=C1.[Mn]. The maximum atomic E-state index is 7.50. The molecule has 0 unspecified atom stereocenters. The normalized spacial score (nSPS) is 9.68.